The van der Waals surface area contributed by atoms with Crippen LogP contribution < -0.4 is 0 Å². The summed E-state index contributed by atoms with van der Waals surface area (Å²) in [7, 11) is 0. The molecule has 0 spiro atoms. The van der Waals surface area contributed by atoms with Gasteiger partial charge in [-0.25, -0.2) is 0 Å². The third-order valence-electron chi connectivity index (χ3n) is 1.41. The van der Waals surface area contributed by atoms with E-state index in [9.17, 15) is 0 Å². The molecule has 0 aliphatic heterocycles. The first kappa shape index (κ1) is 24.3. The van der Waals surface area contributed by atoms with Crippen LogP contribution in [0.15, 0.2) is 39.5 Å². The van der Waals surface area contributed by atoms with E-state index in [1.54, 1.807) is 8.87 Å². The summed E-state index contributed by atoms with van der Waals surface area (Å²) >= 11 is 0.149. The molecule has 0 saturated heterocycles. The van der Waals surface area contributed by atoms with Gasteiger partial charge in [-0.1, -0.05) is 0 Å². The predicted molar refractivity (Wildman–Crippen MR) is 78.9 cm³/mol. The molecule has 0 nitrogen and oxygen atoms in total. The van der Waals surface area contributed by atoms with Crippen molar-refractivity contribution in [1.82, 2.24) is 0 Å². The minimum atomic E-state index is 0.149. The van der Waals surface area contributed by atoms with Crippen LogP contribution in [0.2, 0.25) is 8.87 Å². The Balaban J connectivity index is -0.0000000860. The molecule has 0 rings (SSSR count). The molecule has 90 valence electrons. The first-order chi connectivity index (χ1) is 7.41. The zero-order valence-corrected chi connectivity index (χ0v) is 13.8. The Morgan fingerprint density at radius 1 is 0.667 bits per heavy atom. The molecule has 0 heterocycles. The summed E-state index contributed by atoms with van der Waals surface area (Å²) in [6, 6.07) is 0. The van der Waals surface area contributed by atoms with Crippen molar-refractivity contribution < 1.29 is 0 Å². The fraction of sp³-hybridized carbons (Fsp3) is 0.571. The number of rotatable bonds is 6. The first-order valence-corrected chi connectivity index (χ1v) is 9.66. The van der Waals surface area contributed by atoms with Gasteiger partial charge >= 0.3 is 69.5 Å². The van der Waals surface area contributed by atoms with E-state index in [4.69, 9.17) is 0 Å². The van der Waals surface area contributed by atoms with Crippen molar-refractivity contribution in [1.29, 1.82) is 0 Å². The van der Waals surface area contributed by atoms with Gasteiger partial charge in [0.05, 0.1) is 0 Å². The van der Waals surface area contributed by atoms with E-state index >= 15 is 0 Å². The third kappa shape index (κ3) is 55.9. The van der Waals surface area contributed by atoms with Crippen LogP contribution in [0, 0.1) is 0 Å². The van der Waals surface area contributed by atoms with Gasteiger partial charge in [0.1, 0.15) is 0 Å². The Morgan fingerprint density at radius 2 is 0.933 bits per heavy atom. The van der Waals surface area contributed by atoms with E-state index in [1.807, 2.05) is 0 Å². The van der Waals surface area contributed by atoms with Crippen molar-refractivity contribution in [2.45, 2.75) is 48.4 Å². The minimum absolute atomic E-state index is 0.149. The van der Waals surface area contributed by atoms with Crippen molar-refractivity contribution in [3.63, 3.8) is 0 Å². The Bertz CT molecular complexity index is 61.0. The molecule has 0 amide bonds. The molecule has 2 radical (unpaired) electrons. The summed E-state index contributed by atoms with van der Waals surface area (Å²) < 4.78 is 3.25. The van der Waals surface area contributed by atoms with Crippen LogP contribution in [0.5, 0.6) is 0 Å². The molecule has 0 aromatic rings. The van der Waals surface area contributed by atoms with Gasteiger partial charge in [-0.05, 0) is 0 Å². The van der Waals surface area contributed by atoms with Crippen LogP contribution in [0.4, 0.5) is 0 Å². The molecule has 0 fully saturated rings. The zero-order valence-electron chi connectivity index (χ0n) is 11.0. The van der Waals surface area contributed by atoms with Gasteiger partial charge in [0.2, 0.25) is 0 Å². The second-order valence-corrected chi connectivity index (χ2v) is 6.74. The van der Waals surface area contributed by atoms with Gasteiger partial charge in [-0.2, -0.15) is 0 Å². The fourth-order valence-corrected chi connectivity index (χ4v) is 4.89. The molecule has 0 atom stereocenters. The van der Waals surface area contributed by atoms with E-state index in [0.717, 1.165) is 0 Å². The van der Waals surface area contributed by atoms with Crippen molar-refractivity contribution in [2.24, 2.45) is 0 Å². The van der Waals surface area contributed by atoms with Gasteiger partial charge in [0.25, 0.3) is 0 Å². The van der Waals surface area contributed by atoms with Crippen LogP contribution in [0.1, 0.15) is 39.5 Å². The molecule has 1 heteroatoms. The number of hydrogen-bond acceptors (Lipinski definition) is 0. The summed E-state index contributed by atoms with van der Waals surface area (Å²) in [5.74, 6) is 0. The van der Waals surface area contributed by atoms with E-state index in [-0.39, 0.29) is 21.1 Å². The quantitative estimate of drug-likeness (QED) is 0.343. The summed E-state index contributed by atoms with van der Waals surface area (Å²) in [6.45, 7) is 22.6. The average molecular weight is 317 g/mol. The molecule has 0 N–H and O–H groups in total. The van der Waals surface area contributed by atoms with Crippen LogP contribution in [-0.4, -0.2) is 21.1 Å². The zero-order chi connectivity index (χ0) is 12.9. The second kappa shape index (κ2) is 48.2. The van der Waals surface area contributed by atoms with Crippen molar-refractivity contribution in [3.8, 4) is 0 Å². The Morgan fingerprint density at radius 3 is 1.13 bits per heavy atom. The molecule has 0 aromatic carbocycles. The van der Waals surface area contributed by atoms with E-state index in [1.165, 1.54) is 25.7 Å². The average Bonchev–Trinajstić information content (AvgIpc) is 2.37. The summed E-state index contributed by atoms with van der Waals surface area (Å²) in [5.41, 5.74) is 0. The van der Waals surface area contributed by atoms with Gasteiger partial charge in [0.15, 0.2) is 0 Å². The summed E-state index contributed by atoms with van der Waals surface area (Å²) in [4.78, 5) is 0. The predicted octanol–water partition coefficient (Wildman–Crippen LogP) is 5.53. The first-order valence-electron chi connectivity index (χ1n) is 5.62. The molecular formula is C14H30Sn. The van der Waals surface area contributed by atoms with Gasteiger partial charge in [0, 0.05) is 0 Å². The summed E-state index contributed by atoms with van der Waals surface area (Å²) in [6.07, 6.45) is 5.84. The third-order valence-corrected chi connectivity index (χ3v) is 5.45. The molecule has 0 unspecified atom stereocenters. The maximum atomic E-state index is 3.00. The van der Waals surface area contributed by atoms with E-state index in [2.05, 4.69) is 53.3 Å². The van der Waals surface area contributed by atoms with Crippen molar-refractivity contribution in [2.75, 3.05) is 0 Å². The molecule has 0 aliphatic carbocycles. The molecule has 0 bridgehead atoms. The van der Waals surface area contributed by atoms with Crippen LogP contribution in [0.3, 0.4) is 0 Å². The van der Waals surface area contributed by atoms with Gasteiger partial charge in [-0.15, -0.1) is 39.5 Å². The van der Waals surface area contributed by atoms with Crippen LogP contribution in [-0.2, 0) is 0 Å². The van der Waals surface area contributed by atoms with E-state index in [0.29, 0.717) is 0 Å². The van der Waals surface area contributed by atoms with E-state index < -0.39 is 0 Å². The van der Waals surface area contributed by atoms with Crippen molar-refractivity contribution >= 4 is 21.1 Å². The molecular weight excluding hydrogens is 287 g/mol. The van der Waals surface area contributed by atoms with Gasteiger partial charge < -0.3 is 0 Å². The monoisotopic (exact) mass is 318 g/mol. The van der Waals surface area contributed by atoms with Crippen molar-refractivity contribution in [3.05, 3.63) is 39.5 Å². The molecule has 0 aliphatic rings. The fourth-order valence-electron chi connectivity index (χ4n) is 0.729. The molecule has 0 aromatic heterocycles. The Labute approximate surface area is 109 Å². The maximum absolute atomic E-state index is 3.00. The van der Waals surface area contributed by atoms with Gasteiger partial charge in [-0.3, -0.25) is 0 Å². The Kier molecular flexibility index (Phi) is 78.2. The summed E-state index contributed by atoms with van der Waals surface area (Å²) in [5, 5.41) is 0. The molecule has 0 saturated carbocycles. The Hall–Kier alpha value is 0.0187. The second-order valence-electron chi connectivity index (χ2n) is 2.46. The standard InChI is InChI=1S/2C4H9.3C2H4.Sn/c2*1-3-4-2;3*1-2;/h2*1,3-4H2,2H3;3*1-2H2;. The topological polar surface area (TPSA) is 0 Å². The normalized spacial score (nSPS) is 6.80. The number of unbranched alkanes of at least 4 members (excludes halogenated alkanes) is 2. The van der Waals surface area contributed by atoms with Crippen LogP contribution >= 0.6 is 0 Å². The number of hydrogen-bond donors (Lipinski definition) is 0. The molecule has 15 heavy (non-hydrogen) atoms. The van der Waals surface area contributed by atoms with Crippen LogP contribution in [0.25, 0.3) is 0 Å². The SMILES string of the molecule is C=C.C=C.C=C.CCC[CH2][Sn][CH2]CCC.